The van der Waals surface area contributed by atoms with E-state index in [0.29, 0.717) is 38.4 Å². The van der Waals surface area contributed by atoms with Crippen molar-refractivity contribution in [2.45, 2.75) is 13.3 Å². The molecule has 0 aliphatic carbocycles. The largest absolute Gasteiger partial charge is 0.256 e. The molecule has 0 aliphatic heterocycles. The van der Waals surface area contributed by atoms with E-state index in [4.69, 9.17) is 0 Å². The molecule has 2 heterocycles. The van der Waals surface area contributed by atoms with Crippen molar-refractivity contribution in [1.82, 2.24) is 23.6 Å². The fourth-order valence-corrected chi connectivity index (χ4v) is 6.47. The van der Waals surface area contributed by atoms with Crippen LogP contribution >= 0.6 is 0 Å². The van der Waals surface area contributed by atoms with Crippen LogP contribution in [0.4, 0.5) is 17.2 Å². The summed E-state index contributed by atoms with van der Waals surface area (Å²) in [5.74, 6) is 0.0145. The predicted molar refractivity (Wildman–Crippen MR) is 140 cm³/mol. The van der Waals surface area contributed by atoms with Crippen LogP contribution in [0.2, 0.25) is 0 Å². The van der Waals surface area contributed by atoms with Crippen LogP contribution in [-0.2, 0) is 20.0 Å². The Morgan fingerprint density at radius 1 is 0.972 bits per heavy atom. The number of nitrogens with zero attached hydrogens (tertiary/aromatic N) is 7. The van der Waals surface area contributed by atoms with Gasteiger partial charge in [0, 0.05) is 9.53 Å². The van der Waals surface area contributed by atoms with Gasteiger partial charge in [0.1, 0.15) is 6.33 Å². The fourth-order valence-electron chi connectivity index (χ4n) is 3.57. The molecule has 0 spiro atoms. The molecule has 4 rings (SSSR count). The molecule has 2 aromatic heterocycles. The number of aromatic nitrogens is 4. The SMILES string of the molecule is [CH2]C(CC)=Nc1ccccc1-n1ncc2c(N(c3ccccc3)N(S(C)(=O)=O)S(C)(=O)=O)ncnc21. The van der Waals surface area contributed by atoms with Crippen molar-refractivity contribution in [1.29, 1.82) is 0 Å². The molecule has 4 aromatic rings. The molecular weight excluding hydrogens is 502 g/mol. The van der Waals surface area contributed by atoms with E-state index in [9.17, 15) is 16.8 Å². The van der Waals surface area contributed by atoms with Crippen molar-refractivity contribution in [2.75, 3.05) is 17.5 Å². The number of hydrogen-bond acceptors (Lipinski definition) is 9. The van der Waals surface area contributed by atoms with Gasteiger partial charge < -0.3 is 0 Å². The van der Waals surface area contributed by atoms with Crippen LogP contribution < -0.4 is 5.01 Å². The van der Waals surface area contributed by atoms with Gasteiger partial charge in [0.2, 0.25) is 20.0 Å². The lowest BCUT2D eigenvalue weighted by Gasteiger charge is -2.31. The molecule has 0 fully saturated rings. The van der Waals surface area contributed by atoms with Gasteiger partial charge in [-0.05, 0) is 37.6 Å². The summed E-state index contributed by atoms with van der Waals surface area (Å²) in [6.45, 7) is 5.89. The molecule has 0 bridgehead atoms. The van der Waals surface area contributed by atoms with Gasteiger partial charge in [0.15, 0.2) is 11.5 Å². The molecule has 0 amide bonds. The van der Waals surface area contributed by atoms with E-state index in [1.165, 1.54) is 17.2 Å². The number of anilines is 2. The van der Waals surface area contributed by atoms with Crippen LogP contribution in [0.5, 0.6) is 0 Å². The highest BCUT2D eigenvalue weighted by atomic mass is 32.3. The van der Waals surface area contributed by atoms with Crippen molar-refractivity contribution in [2.24, 2.45) is 4.99 Å². The second kappa shape index (κ2) is 9.76. The van der Waals surface area contributed by atoms with Crippen molar-refractivity contribution in [3.8, 4) is 5.69 Å². The third kappa shape index (κ3) is 4.98. The molecule has 0 saturated heterocycles. The zero-order valence-corrected chi connectivity index (χ0v) is 21.5. The molecule has 0 unspecified atom stereocenters. The van der Waals surface area contributed by atoms with Gasteiger partial charge in [-0.1, -0.05) is 37.3 Å². The zero-order chi connectivity index (χ0) is 26.1. The Morgan fingerprint density at radius 2 is 1.61 bits per heavy atom. The lowest BCUT2D eigenvalue weighted by molar-refractivity contribution is 0.507. The molecule has 36 heavy (non-hydrogen) atoms. The van der Waals surface area contributed by atoms with Gasteiger partial charge in [-0.25, -0.2) is 36.5 Å². The van der Waals surface area contributed by atoms with Crippen molar-refractivity contribution >= 4 is 54.0 Å². The van der Waals surface area contributed by atoms with E-state index < -0.39 is 20.0 Å². The first-order valence-electron chi connectivity index (χ1n) is 10.8. The van der Waals surface area contributed by atoms with Gasteiger partial charge in [-0.2, -0.15) is 5.10 Å². The van der Waals surface area contributed by atoms with Gasteiger partial charge >= 0.3 is 0 Å². The maximum Gasteiger partial charge on any atom is 0.242 e. The maximum absolute atomic E-state index is 12.7. The molecule has 1 radical (unpaired) electrons. The third-order valence-electron chi connectivity index (χ3n) is 5.07. The van der Waals surface area contributed by atoms with Gasteiger partial charge in [0.05, 0.1) is 41.2 Å². The second-order valence-corrected chi connectivity index (χ2v) is 11.7. The van der Waals surface area contributed by atoms with Crippen LogP contribution in [-0.4, -0.2) is 58.6 Å². The first kappa shape index (κ1) is 25.4. The minimum atomic E-state index is -4.30. The van der Waals surface area contributed by atoms with E-state index in [2.05, 4.69) is 27.0 Å². The molecule has 0 N–H and O–H groups in total. The minimum absolute atomic E-state index is 0.0145. The Kier molecular flexibility index (Phi) is 6.89. The molecular formula is C23H24N7O4S2. The number of hydrazine groups is 1. The fraction of sp³-hybridized carbons (Fsp3) is 0.174. The third-order valence-corrected chi connectivity index (χ3v) is 8.16. The van der Waals surface area contributed by atoms with E-state index in [0.717, 1.165) is 17.5 Å². The minimum Gasteiger partial charge on any atom is -0.256 e. The summed E-state index contributed by atoms with van der Waals surface area (Å²) in [5.41, 5.74) is 2.49. The Hall–Kier alpha value is -3.68. The number of hydrogen-bond donors (Lipinski definition) is 0. The highest BCUT2D eigenvalue weighted by Gasteiger charge is 2.37. The van der Waals surface area contributed by atoms with Crippen LogP contribution in [0.25, 0.3) is 16.7 Å². The Labute approximate surface area is 209 Å². The van der Waals surface area contributed by atoms with E-state index >= 15 is 0 Å². The van der Waals surface area contributed by atoms with Crippen LogP contribution in [0.3, 0.4) is 0 Å². The number of rotatable bonds is 8. The van der Waals surface area contributed by atoms with Crippen molar-refractivity contribution < 1.29 is 16.8 Å². The quantitative estimate of drug-likeness (QED) is 0.252. The smallest absolute Gasteiger partial charge is 0.242 e. The van der Waals surface area contributed by atoms with E-state index in [1.807, 2.05) is 31.2 Å². The standard InChI is InChI=1S/C23H24N7O4S2/c1-5-17(2)27-20-13-9-10-14-21(20)28-22-19(15-26-28)23(25-16-24-22)29(18-11-7-6-8-12-18)30(35(3,31)32)36(4,33)34/h6-16H,2,5H2,1,3-4H3. The topological polar surface area (TPSA) is 131 Å². The Bertz CT molecular complexity index is 1620. The first-order chi connectivity index (χ1) is 17.0. The highest BCUT2D eigenvalue weighted by molar-refractivity contribution is 8.03. The van der Waals surface area contributed by atoms with Crippen LogP contribution in [0, 0.1) is 6.92 Å². The number of para-hydroxylation sites is 3. The molecule has 2 aromatic carbocycles. The van der Waals surface area contributed by atoms with Crippen molar-refractivity contribution in [3.63, 3.8) is 0 Å². The summed E-state index contributed by atoms with van der Waals surface area (Å²) in [6.07, 6.45) is 4.96. The number of sulfonamides is 2. The molecule has 13 heteroatoms. The summed E-state index contributed by atoms with van der Waals surface area (Å²) < 4.78 is 52.7. The molecule has 0 atom stereocenters. The first-order valence-corrected chi connectivity index (χ1v) is 14.4. The van der Waals surface area contributed by atoms with Gasteiger partial charge in [-0.3, -0.25) is 4.99 Å². The van der Waals surface area contributed by atoms with Crippen molar-refractivity contribution in [3.05, 3.63) is 74.0 Å². The lowest BCUT2D eigenvalue weighted by Crippen LogP contribution is -2.47. The normalized spacial score (nSPS) is 12.9. The average molecular weight is 527 g/mol. The predicted octanol–water partition coefficient (Wildman–Crippen LogP) is 3.41. The van der Waals surface area contributed by atoms with Crippen LogP contribution in [0.1, 0.15) is 13.3 Å². The van der Waals surface area contributed by atoms with E-state index in [1.54, 1.807) is 30.3 Å². The average Bonchev–Trinajstić information content (AvgIpc) is 3.26. The summed E-state index contributed by atoms with van der Waals surface area (Å²) in [6, 6.07) is 15.5. The Morgan fingerprint density at radius 3 is 2.25 bits per heavy atom. The maximum atomic E-state index is 12.7. The number of fused-ring (bicyclic) bond motifs is 1. The summed E-state index contributed by atoms with van der Waals surface area (Å²) in [7, 11) is -8.59. The lowest BCUT2D eigenvalue weighted by atomic mass is 10.2. The molecule has 0 aliphatic rings. The molecule has 187 valence electrons. The van der Waals surface area contributed by atoms with E-state index in [-0.39, 0.29) is 11.5 Å². The Balaban J connectivity index is 2.00. The second-order valence-electron chi connectivity index (χ2n) is 7.86. The molecule has 0 saturated carbocycles. The monoisotopic (exact) mass is 526 g/mol. The summed E-state index contributed by atoms with van der Waals surface area (Å²) in [5, 5.41) is 5.81. The summed E-state index contributed by atoms with van der Waals surface area (Å²) >= 11 is 0. The number of benzene rings is 2. The van der Waals surface area contributed by atoms with Gasteiger partial charge in [-0.15, -0.1) is 0 Å². The van der Waals surface area contributed by atoms with Crippen LogP contribution in [0.15, 0.2) is 72.1 Å². The summed E-state index contributed by atoms with van der Waals surface area (Å²) in [4.78, 5) is 13.2. The van der Waals surface area contributed by atoms with Gasteiger partial charge in [0.25, 0.3) is 0 Å². The zero-order valence-electron chi connectivity index (χ0n) is 19.8. The highest BCUT2D eigenvalue weighted by Crippen LogP contribution is 2.35. The number of aliphatic imine (C=N–C) groups is 1. The molecule has 11 nitrogen and oxygen atoms in total.